The molecule has 4 rings (SSSR count). The van der Waals surface area contributed by atoms with Gasteiger partial charge < -0.3 is 9.80 Å². The van der Waals surface area contributed by atoms with E-state index in [1.807, 2.05) is 17.0 Å². The Kier molecular flexibility index (Phi) is 5.29. The van der Waals surface area contributed by atoms with Crippen LogP contribution in [-0.2, 0) is 16.1 Å². The fourth-order valence-corrected chi connectivity index (χ4v) is 4.48. The molecule has 0 saturated carbocycles. The Morgan fingerprint density at radius 3 is 2.32 bits per heavy atom. The minimum absolute atomic E-state index is 0.00412. The van der Waals surface area contributed by atoms with E-state index in [1.54, 1.807) is 4.90 Å². The van der Waals surface area contributed by atoms with Gasteiger partial charge in [0, 0.05) is 38.0 Å². The third kappa shape index (κ3) is 3.59. The summed E-state index contributed by atoms with van der Waals surface area (Å²) in [6.07, 6.45) is 2.81. The van der Waals surface area contributed by atoms with Gasteiger partial charge in [0.2, 0.25) is 11.8 Å². The standard InChI is InChI=1S/C24H26N2O2/c1-2-23(27)25-14-12-19(13-15-25)24(28)26-16-20-10-6-7-11-21(20)22(17-26)18-8-4-3-5-9-18/h2-11,19,22H,1,12-17H2. The number of rotatable bonds is 3. The average Bonchev–Trinajstić information content (AvgIpc) is 2.78. The van der Waals surface area contributed by atoms with Gasteiger partial charge in [-0.05, 0) is 35.6 Å². The van der Waals surface area contributed by atoms with Gasteiger partial charge in [0.1, 0.15) is 0 Å². The van der Waals surface area contributed by atoms with E-state index < -0.39 is 0 Å². The van der Waals surface area contributed by atoms with Crippen LogP contribution in [0.1, 0.15) is 35.4 Å². The van der Waals surface area contributed by atoms with E-state index in [4.69, 9.17) is 0 Å². The molecule has 2 aliphatic rings. The van der Waals surface area contributed by atoms with E-state index in [-0.39, 0.29) is 23.7 Å². The van der Waals surface area contributed by atoms with Gasteiger partial charge in [-0.2, -0.15) is 0 Å². The molecule has 2 aliphatic heterocycles. The van der Waals surface area contributed by atoms with Gasteiger partial charge in [0.25, 0.3) is 0 Å². The van der Waals surface area contributed by atoms with E-state index in [0.717, 1.165) is 12.8 Å². The van der Waals surface area contributed by atoms with Crippen LogP contribution in [0.25, 0.3) is 0 Å². The first kappa shape index (κ1) is 18.5. The summed E-state index contributed by atoms with van der Waals surface area (Å²) in [4.78, 5) is 28.9. The first-order valence-electron chi connectivity index (χ1n) is 10.00. The summed E-state index contributed by atoms with van der Waals surface area (Å²) in [5.41, 5.74) is 3.80. The lowest BCUT2D eigenvalue weighted by atomic mass is 9.84. The molecule has 0 aliphatic carbocycles. The van der Waals surface area contributed by atoms with Gasteiger partial charge >= 0.3 is 0 Å². The van der Waals surface area contributed by atoms with Crippen molar-refractivity contribution in [2.24, 2.45) is 5.92 Å². The molecule has 1 fully saturated rings. The first-order valence-corrected chi connectivity index (χ1v) is 10.00. The molecular weight excluding hydrogens is 348 g/mol. The van der Waals surface area contributed by atoms with Crippen LogP contribution in [0.2, 0.25) is 0 Å². The van der Waals surface area contributed by atoms with Crippen LogP contribution in [0.4, 0.5) is 0 Å². The predicted molar refractivity (Wildman–Crippen MR) is 110 cm³/mol. The smallest absolute Gasteiger partial charge is 0.245 e. The third-order valence-corrected chi connectivity index (χ3v) is 6.04. The Morgan fingerprint density at radius 1 is 0.929 bits per heavy atom. The maximum atomic E-state index is 13.3. The van der Waals surface area contributed by atoms with E-state index >= 15 is 0 Å². The van der Waals surface area contributed by atoms with Crippen LogP contribution in [0.5, 0.6) is 0 Å². The maximum Gasteiger partial charge on any atom is 0.245 e. The molecule has 0 N–H and O–H groups in total. The Hall–Kier alpha value is -2.88. The first-order chi connectivity index (χ1) is 13.7. The second-order valence-electron chi connectivity index (χ2n) is 7.68. The van der Waals surface area contributed by atoms with Crippen LogP contribution in [-0.4, -0.2) is 41.2 Å². The molecule has 0 spiro atoms. The zero-order valence-corrected chi connectivity index (χ0v) is 16.1. The number of fused-ring (bicyclic) bond motifs is 1. The SMILES string of the molecule is C=CC(=O)N1CCC(C(=O)N2Cc3ccccc3C(c3ccccc3)C2)CC1. The van der Waals surface area contributed by atoms with Crippen LogP contribution in [0, 0.1) is 5.92 Å². The second kappa shape index (κ2) is 8.01. The number of hydrogen-bond donors (Lipinski definition) is 0. The van der Waals surface area contributed by atoms with Gasteiger partial charge in [-0.1, -0.05) is 61.2 Å². The predicted octanol–water partition coefficient (Wildman–Crippen LogP) is 3.59. The zero-order chi connectivity index (χ0) is 19.5. The largest absolute Gasteiger partial charge is 0.339 e. The monoisotopic (exact) mass is 374 g/mol. The van der Waals surface area contributed by atoms with Gasteiger partial charge in [-0.15, -0.1) is 0 Å². The number of likely N-dealkylation sites (tertiary alicyclic amines) is 1. The van der Waals surface area contributed by atoms with Crippen molar-refractivity contribution in [2.75, 3.05) is 19.6 Å². The summed E-state index contributed by atoms with van der Waals surface area (Å²) in [5, 5.41) is 0. The molecule has 4 heteroatoms. The van der Waals surface area contributed by atoms with Crippen molar-refractivity contribution in [2.45, 2.75) is 25.3 Å². The van der Waals surface area contributed by atoms with Crippen LogP contribution in [0.3, 0.4) is 0 Å². The Balaban J connectivity index is 1.52. The maximum absolute atomic E-state index is 13.3. The highest BCUT2D eigenvalue weighted by Gasteiger charge is 2.34. The van der Waals surface area contributed by atoms with E-state index in [0.29, 0.717) is 26.2 Å². The van der Waals surface area contributed by atoms with Crippen molar-refractivity contribution in [1.29, 1.82) is 0 Å². The van der Waals surface area contributed by atoms with Crippen molar-refractivity contribution >= 4 is 11.8 Å². The molecule has 0 bridgehead atoms. The molecule has 2 aromatic rings. The van der Waals surface area contributed by atoms with E-state index in [9.17, 15) is 9.59 Å². The van der Waals surface area contributed by atoms with Crippen LogP contribution >= 0.6 is 0 Å². The summed E-state index contributed by atoms with van der Waals surface area (Å²) >= 11 is 0. The molecule has 2 amide bonds. The summed E-state index contributed by atoms with van der Waals surface area (Å²) < 4.78 is 0. The van der Waals surface area contributed by atoms with Crippen molar-refractivity contribution in [3.8, 4) is 0 Å². The van der Waals surface area contributed by atoms with Gasteiger partial charge in [0.15, 0.2) is 0 Å². The normalized spacial score (nSPS) is 19.8. The highest BCUT2D eigenvalue weighted by Crippen LogP contribution is 2.34. The zero-order valence-electron chi connectivity index (χ0n) is 16.1. The molecule has 2 aromatic carbocycles. The quantitative estimate of drug-likeness (QED) is 0.771. The Morgan fingerprint density at radius 2 is 1.61 bits per heavy atom. The van der Waals surface area contributed by atoms with E-state index in [1.165, 1.54) is 22.8 Å². The summed E-state index contributed by atoms with van der Waals surface area (Å²) in [6, 6.07) is 18.9. The van der Waals surface area contributed by atoms with Gasteiger partial charge in [-0.25, -0.2) is 0 Å². The Bertz CT molecular complexity index is 869. The number of nitrogens with zero attached hydrogens (tertiary/aromatic N) is 2. The highest BCUT2D eigenvalue weighted by molar-refractivity contribution is 5.87. The number of hydrogen-bond acceptors (Lipinski definition) is 2. The van der Waals surface area contributed by atoms with Crippen LogP contribution < -0.4 is 0 Å². The molecule has 0 radical (unpaired) electrons. The lowest BCUT2D eigenvalue weighted by Crippen LogP contribution is -2.46. The molecule has 28 heavy (non-hydrogen) atoms. The molecule has 1 atom stereocenters. The molecule has 1 unspecified atom stereocenters. The van der Waals surface area contributed by atoms with Crippen molar-refractivity contribution in [3.63, 3.8) is 0 Å². The number of piperidine rings is 1. The lowest BCUT2D eigenvalue weighted by molar-refractivity contribution is -0.140. The van der Waals surface area contributed by atoms with E-state index in [2.05, 4.69) is 49.0 Å². The van der Waals surface area contributed by atoms with Gasteiger partial charge in [-0.3, -0.25) is 9.59 Å². The molecule has 4 nitrogen and oxygen atoms in total. The van der Waals surface area contributed by atoms with Crippen molar-refractivity contribution in [3.05, 3.63) is 83.9 Å². The number of amides is 2. The second-order valence-corrected chi connectivity index (χ2v) is 7.68. The number of benzene rings is 2. The minimum atomic E-state index is -0.0399. The number of carbonyl (C=O) groups is 2. The minimum Gasteiger partial charge on any atom is -0.339 e. The fraction of sp³-hybridized carbons (Fsp3) is 0.333. The molecular formula is C24H26N2O2. The topological polar surface area (TPSA) is 40.6 Å². The molecule has 0 aromatic heterocycles. The summed E-state index contributed by atoms with van der Waals surface area (Å²) in [6.45, 7) is 6.21. The lowest BCUT2D eigenvalue weighted by Gasteiger charge is -2.39. The highest BCUT2D eigenvalue weighted by atomic mass is 16.2. The molecule has 1 saturated heterocycles. The summed E-state index contributed by atoms with van der Waals surface area (Å²) in [7, 11) is 0. The van der Waals surface area contributed by atoms with Crippen LogP contribution in [0.15, 0.2) is 67.3 Å². The summed E-state index contributed by atoms with van der Waals surface area (Å²) in [5.74, 6) is 0.385. The van der Waals surface area contributed by atoms with Gasteiger partial charge in [0.05, 0.1) is 0 Å². The average molecular weight is 374 g/mol. The molecule has 2 heterocycles. The number of carbonyl (C=O) groups excluding carboxylic acids is 2. The Labute approximate surface area is 166 Å². The molecule has 144 valence electrons. The third-order valence-electron chi connectivity index (χ3n) is 6.04. The fourth-order valence-electron chi connectivity index (χ4n) is 4.48. The van der Waals surface area contributed by atoms with Crippen molar-refractivity contribution < 1.29 is 9.59 Å². The van der Waals surface area contributed by atoms with Crippen molar-refractivity contribution in [1.82, 2.24) is 9.80 Å².